The Morgan fingerprint density at radius 1 is 1.23 bits per heavy atom. The highest BCUT2D eigenvalue weighted by Gasteiger charge is 2.19. The SMILES string of the molecule is COc1ccc(Oc2ccc([N+](=O)[O-])cc2C(=O)NCCC2CCCNC2)cc1.Cl. The lowest BCUT2D eigenvalue weighted by atomic mass is 9.96. The Bertz CT molecular complexity index is 854. The molecule has 0 bridgehead atoms. The molecule has 0 radical (unpaired) electrons. The van der Waals surface area contributed by atoms with Crippen LogP contribution in [-0.2, 0) is 0 Å². The zero-order valence-electron chi connectivity index (χ0n) is 16.8. The first kappa shape index (κ1) is 23.4. The summed E-state index contributed by atoms with van der Waals surface area (Å²) < 4.78 is 10.9. The predicted molar refractivity (Wildman–Crippen MR) is 116 cm³/mol. The summed E-state index contributed by atoms with van der Waals surface area (Å²) in [4.78, 5) is 23.3. The largest absolute Gasteiger partial charge is 0.497 e. The third kappa shape index (κ3) is 6.33. The number of halogens is 1. The van der Waals surface area contributed by atoms with Gasteiger partial charge in [-0.2, -0.15) is 0 Å². The van der Waals surface area contributed by atoms with Crippen LogP contribution in [0.2, 0.25) is 0 Å². The smallest absolute Gasteiger partial charge is 0.270 e. The Kier molecular flexibility index (Phi) is 8.89. The first-order valence-electron chi connectivity index (χ1n) is 9.66. The van der Waals surface area contributed by atoms with Crippen molar-refractivity contribution in [1.29, 1.82) is 0 Å². The van der Waals surface area contributed by atoms with Crippen molar-refractivity contribution in [1.82, 2.24) is 10.6 Å². The van der Waals surface area contributed by atoms with Crippen LogP contribution in [-0.4, -0.2) is 37.6 Å². The quantitative estimate of drug-likeness (QED) is 0.481. The molecule has 1 atom stereocenters. The minimum absolute atomic E-state index is 0. The van der Waals surface area contributed by atoms with Gasteiger partial charge in [-0.3, -0.25) is 14.9 Å². The van der Waals surface area contributed by atoms with Gasteiger partial charge in [-0.15, -0.1) is 12.4 Å². The Labute approximate surface area is 181 Å². The van der Waals surface area contributed by atoms with Crippen molar-refractivity contribution >= 4 is 24.0 Å². The highest BCUT2D eigenvalue weighted by Crippen LogP contribution is 2.30. The van der Waals surface area contributed by atoms with Gasteiger partial charge in [0.2, 0.25) is 0 Å². The second-order valence-corrected chi connectivity index (χ2v) is 6.97. The van der Waals surface area contributed by atoms with Gasteiger partial charge in [0, 0.05) is 18.7 Å². The van der Waals surface area contributed by atoms with Crippen molar-refractivity contribution in [2.75, 3.05) is 26.7 Å². The van der Waals surface area contributed by atoms with E-state index in [-0.39, 0.29) is 35.3 Å². The monoisotopic (exact) mass is 435 g/mol. The molecular formula is C21H26ClN3O5. The number of non-ortho nitro benzene ring substituents is 1. The highest BCUT2D eigenvalue weighted by atomic mass is 35.5. The predicted octanol–water partition coefficient (Wildman–Crippen LogP) is 3.94. The molecule has 0 spiro atoms. The van der Waals surface area contributed by atoms with E-state index in [0.29, 0.717) is 24.0 Å². The Hall–Kier alpha value is -2.84. The van der Waals surface area contributed by atoms with E-state index in [1.807, 2.05) is 0 Å². The summed E-state index contributed by atoms with van der Waals surface area (Å²) in [5.74, 6) is 1.58. The van der Waals surface area contributed by atoms with Crippen molar-refractivity contribution in [3.8, 4) is 17.2 Å². The molecule has 2 aromatic carbocycles. The standard InChI is InChI=1S/C21H25N3O5.ClH/c1-28-17-5-7-18(8-6-17)29-20-9-4-16(24(26)27)13-19(20)21(25)23-12-10-15-3-2-11-22-14-15;/h4-9,13,15,22H,2-3,10-12,14H2,1H3,(H,23,25);1H. The summed E-state index contributed by atoms with van der Waals surface area (Å²) >= 11 is 0. The molecule has 30 heavy (non-hydrogen) atoms. The van der Waals surface area contributed by atoms with Gasteiger partial charge >= 0.3 is 0 Å². The van der Waals surface area contributed by atoms with Crippen LogP contribution in [0, 0.1) is 16.0 Å². The minimum atomic E-state index is -0.526. The number of rotatable bonds is 8. The number of hydrogen-bond acceptors (Lipinski definition) is 6. The fourth-order valence-corrected chi connectivity index (χ4v) is 3.32. The second kappa shape index (κ2) is 11.4. The van der Waals surface area contributed by atoms with E-state index >= 15 is 0 Å². The first-order chi connectivity index (χ1) is 14.1. The van der Waals surface area contributed by atoms with Crippen LogP contribution in [0.5, 0.6) is 17.2 Å². The molecule has 1 amide bonds. The lowest BCUT2D eigenvalue weighted by Gasteiger charge is -2.22. The maximum absolute atomic E-state index is 12.7. The zero-order valence-corrected chi connectivity index (χ0v) is 17.6. The molecule has 0 aliphatic carbocycles. The van der Waals surface area contributed by atoms with E-state index in [1.165, 1.54) is 18.2 Å². The number of nitro benzene ring substituents is 1. The Morgan fingerprint density at radius 3 is 2.60 bits per heavy atom. The molecule has 1 saturated heterocycles. The maximum Gasteiger partial charge on any atom is 0.270 e. The van der Waals surface area contributed by atoms with E-state index < -0.39 is 4.92 Å². The number of methoxy groups -OCH3 is 1. The molecule has 0 aromatic heterocycles. The molecule has 1 heterocycles. The van der Waals surface area contributed by atoms with E-state index in [2.05, 4.69) is 10.6 Å². The Balaban J connectivity index is 0.00000320. The molecule has 0 saturated carbocycles. The van der Waals surface area contributed by atoms with Crippen molar-refractivity contribution in [3.05, 3.63) is 58.1 Å². The van der Waals surface area contributed by atoms with Crippen LogP contribution in [0.4, 0.5) is 5.69 Å². The average Bonchev–Trinajstić information content (AvgIpc) is 2.75. The third-order valence-electron chi connectivity index (χ3n) is 4.94. The van der Waals surface area contributed by atoms with Crippen LogP contribution in [0.1, 0.15) is 29.6 Å². The number of hydrogen-bond donors (Lipinski definition) is 2. The molecule has 2 aromatic rings. The number of nitrogens with zero attached hydrogens (tertiary/aromatic N) is 1. The van der Waals surface area contributed by atoms with Crippen molar-refractivity contribution in [3.63, 3.8) is 0 Å². The summed E-state index contributed by atoms with van der Waals surface area (Å²) in [7, 11) is 1.57. The summed E-state index contributed by atoms with van der Waals surface area (Å²) in [6.07, 6.45) is 3.15. The van der Waals surface area contributed by atoms with Crippen LogP contribution in [0.3, 0.4) is 0 Å². The van der Waals surface area contributed by atoms with Crippen LogP contribution in [0.25, 0.3) is 0 Å². The Morgan fingerprint density at radius 2 is 1.97 bits per heavy atom. The molecule has 3 rings (SSSR count). The summed E-state index contributed by atoms with van der Waals surface area (Å²) in [5, 5.41) is 17.4. The van der Waals surface area contributed by atoms with Crippen molar-refractivity contribution in [2.24, 2.45) is 5.92 Å². The van der Waals surface area contributed by atoms with Crippen LogP contribution >= 0.6 is 12.4 Å². The molecule has 8 nitrogen and oxygen atoms in total. The molecule has 1 aliphatic rings. The molecule has 162 valence electrons. The van der Waals surface area contributed by atoms with E-state index in [1.54, 1.807) is 31.4 Å². The van der Waals surface area contributed by atoms with Gasteiger partial charge in [-0.1, -0.05) is 0 Å². The van der Waals surface area contributed by atoms with E-state index in [9.17, 15) is 14.9 Å². The number of piperidine rings is 1. The number of carbonyl (C=O) groups is 1. The van der Waals surface area contributed by atoms with E-state index in [4.69, 9.17) is 9.47 Å². The minimum Gasteiger partial charge on any atom is -0.497 e. The van der Waals surface area contributed by atoms with Crippen molar-refractivity contribution in [2.45, 2.75) is 19.3 Å². The number of amides is 1. The number of nitro groups is 1. The summed E-state index contributed by atoms with van der Waals surface area (Å²) in [6.45, 7) is 2.51. The van der Waals surface area contributed by atoms with Gasteiger partial charge in [0.1, 0.15) is 17.2 Å². The fourth-order valence-electron chi connectivity index (χ4n) is 3.32. The number of ether oxygens (including phenoxy) is 2. The normalized spacial score (nSPS) is 15.6. The molecule has 1 fully saturated rings. The summed E-state index contributed by atoms with van der Waals surface area (Å²) in [5.41, 5.74) is -0.0227. The lowest BCUT2D eigenvalue weighted by Crippen LogP contribution is -2.33. The first-order valence-corrected chi connectivity index (χ1v) is 9.66. The molecule has 1 aliphatic heterocycles. The lowest BCUT2D eigenvalue weighted by molar-refractivity contribution is -0.384. The maximum atomic E-state index is 12.7. The average molecular weight is 436 g/mol. The molecule has 9 heteroatoms. The van der Waals surface area contributed by atoms with E-state index in [0.717, 1.165) is 32.4 Å². The second-order valence-electron chi connectivity index (χ2n) is 6.97. The van der Waals surface area contributed by atoms with Gasteiger partial charge in [0.15, 0.2) is 0 Å². The van der Waals surface area contributed by atoms with Gasteiger partial charge in [-0.25, -0.2) is 0 Å². The van der Waals surface area contributed by atoms with Gasteiger partial charge in [0.25, 0.3) is 11.6 Å². The highest BCUT2D eigenvalue weighted by molar-refractivity contribution is 5.97. The zero-order chi connectivity index (χ0) is 20.6. The third-order valence-corrected chi connectivity index (χ3v) is 4.94. The number of benzene rings is 2. The number of carbonyl (C=O) groups excluding carboxylic acids is 1. The summed E-state index contributed by atoms with van der Waals surface area (Å²) in [6, 6.07) is 10.9. The van der Waals surface area contributed by atoms with Gasteiger partial charge in [0.05, 0.1) is 17.6 Å². The molecule has 1 unspecified atom stereocenters. The topological polar surface area (TPSA) is 103 Å². The molecule has 2 N–H and O–H groups in total. The van der Waals surface area contributed by atoms with Crippen molar-refractivity contribution < 1.29 is 19.2 Å². The van der Waals surface area contributed by atoms with Gasteiger partial charge < -0.3 is 20.1 Å². The van der Waals surface area contributed by atoms with Crippen LogP contribution in [0.15, 0.2) is 42.5 Å². The van der Waals surface area contributed by atoms with Crippen LogP contribution < -0.4 is 20.1 Å². The molecular weight excluding hydrogens is 410 g/mol. The number of nitrogens with one attached hydrogen (secondary N) is 2. The fraction of sp³-hybridized carbons (Fsp3) is 0.381. The van der Waals surface area contributed by atoms with Gasteiger partial charge in [-0.05, 0) is 68.6 Å².